The predicted molar refractivity (Wildman–Crippen MR) is 103 cm³/mol. The van der Waals surface area contributed by atoms with Gasteiger partial charge in [0.25, 0.3) is 0 Å². The molecule has 0 aliphatic rings. The fourth-order valence-electron chi connectivity index (χ4n) is 2.77. The minimum atomic E-state index is -3.18. The Morgan fingerprint density at radius 2 is 1.64 bits per heavy atom. The van der Waals surface area contributed by atoms with E-state index < -0.39 is 10.0 Å². The van der Waals surface area contributed by atoms with Crippen LogP contribution in [0.3, 0.4) is 0 Å². The van der Waals surface area contributed by atoms with Gasteiger partial charge in [0.05, 0.1) is 6.26 Å². The molecule has 1 aromatic carbocycles. The number of sulfonamides is 1. The standard InChI is InChI=1S/C19H33FN2O2S/c1-7-22(25(6,23)24)15-14-21(16(2)19(3,4)5)13-12-17-8-10-18(20)11-9-17/h8-11,16H,7,12-15H2,1-6H3. The molecule has 0 aromatic heterocycles. The van der Waals surface area contributed by atoms with E-state index in [1.54, 1.807) is 0 Å². The molecule has 0 fully saturated rings. The Kier molecular flexibility index (Phi) is 8.03. The third kappa shape index (κ3) is 7.42. The number of halogens is 1. The van der Waals surface area contributed by atoms with Crippen molar-refractivity contribution in [2.45, 2.75) is 47.1 Å². The molecule has 1 rings (SSSR count). The summed E-state index contributed by atoms with van der Waals surface area (Å²) in [6, 6.07) is 6.88. The van der Waals surface area contributed by atoms with Crippen LogP contribution in [0.2, 0.25) is 0 Å². The lowest BCUT2D eigenvalue weighted by atomic mass is 9.86. The Morgan fingerprint density at radius 3 is 2.08 bits per heavy atom. The summed E-state index contributed by atoms with van der Waals surface area (Å²) < 4.78 is 38.2. The maximum atomic E-state index is 13.1. The van der Waals surface area contributed by atoms with Crippen LogP contribution in [0.4, 0.5) is 4.39 Å². The van der Waals surface area contributed by atoms with Crippen LogP contribution in [0.15, 0.2) is 24.3 Å². The number of likely N-dealkylation sites (N-methyl/N-ethyl adjacent to an activating group) is 1. The van der Waals surface area contributed by atoms with Crippen LogP contribution in [-0.4, -0.2) is 56.1 Å². The zero-order chi connectivity index (χ0) is 19.3. The van der Waals surface area contributed by atoms with Crippen LogP contribution < -0.4 is 0 Å². The fourth-order valence-corrected chi connectivity index (χ4v) is 3.65. The number of hydrogen-bond donors (Lipinski definition) is 0. The van der Waals surface area contributed by atoms with Crippen LogP contribution in [0, 0.1) is 11.2 Å². The third-order valence-corrected chi connectivity index (χ3v) is 6.24. The molecule has 0 heterocycles. The molecular weight excluding hydrogens is 339 g/mol. The zero-order valence-electron chi connectivity index (χ0n) is 16.4. The molecule has 0 saturated carbocycles. The van der Waals surface area contributed by atoms with Gasteiger partial charge >= 0.3 is 0 Å². The molecule has 0 amide bonds. The van der Waals surface area contributed by atoms with E-state index in [4.69, 9.17) is 0 Å². The molecule has 1 unspecified atom stereocenters. The molecule has 0 aliphatic carbocycles. The Labute approximate surface area is 153 Å². The van der Waals surface area contributed by atoms with Crippen LogP contribution in [0.1, 0.15) is 40.2 Å². The van der Waals surface area contributed by atoms with E-state index in [0.717, 1.165) is 18.5 Å². The maximum absolute atomic E-state index is 13.1. The SMILES string of the molecule is CCN(CCN(CCc1ccc(F)cc1)C(C)C(C)(C)C)S(C)(=O)=O. The molecule has 0 aliphatic heterocycles. The van der Waals surface area contributed by atoms with E-state index in [0.29, 0.717) is 25.7 Å². The third-order valence-electron chi connectivity index (χ3n) is 4.86. The van der Waals surface area contributed by atoms with Gasteiger partial charge in [-0.15, -0.1) is 0 Å². The predicted octanol–water partition coefficient (Wildman–Crippen LogP) is 3.39. The first-order valence-electron chi connectivity index (χ1n) is 8.88. The molecule has 0 N–H and O–H groups in total. The molecule has 0 saturated heterocycles. The summed E-state index contributed by atoms with van der Waals surface area (Å²) in [6.45, 7) is 13.1. The van der Waals surface area contributed by atoms with Gasteiger partial charge in [-0.2, -0.15) is 0 Å². The smallest absolute Gasteiger partial charge is 0.211 e. The monoisotopic (exact) mass is 372 g/mol. The average molecular weight is 373 g/mol. The first-order valence-corrected chi connectivity index (χ1v) is 10.7. The Bertz CT molecular complexity index is 624. The van der Waals surface area contributed by atoms with Crippen molar-refractivity contribution in [1.29, 1.82) is 0 Å². The van der Waals surface area contributed by atoms with E-state index in [1.807, 2.05) is 19.1 Å². The van der Waals surface area contributed by atoms with E-state index in [2.05, 4.69) is 32.6 Å². The van der Waals surface area contributed by atoms with Crippen molar-refractivity contribution in [2.75, 3.05) is 32.4 Å². The molecule has 6 heteroatoms. The number of hydrogen-bond acceptors (Lipinski definition) is 3. The lowest BCUT2D eigenvalue weighted by Crippen LogP contribution is -2.47. The first kappa shape index (κ1) is 22.1. The Morgan fingerprint density at radius 1 is 1.08 bits per heavy atom. The van der Waals surface area contributed by atoms with Gasteiger partial charge in [0.2, 0.25) is 10.0 Å². The van der Waals surface area contributed by atoms with Gasteiger partial charge in [-0.3, -0.25) is 4.90 Å². The normalized spacial score (nSPS) is 14.3. The number of rotatable bonds is 9. The minimum Gasteiger partial charge on any atom is -0.299 e. The highest BCUT2D eigenvalue weighted by molar-refractivity contribution is 7.88. The van der Waals surface area contributed by atoms with Gasteiger partial charge in [-0.05, 0) is 36.5 Å². The highest BCUT2D eigenvalue weighted by Gasteiger charge is 2.27. The summed E-state index contributed by atoms with van der Waals surface area (Å²) in [4.78, 5) is 2.33. The summed E-state index contributed by atoms with van der Waals surface area (Å²) in [7, 11) is -3.18. The van der Waals surface area contributed by atoms with Crippen LogP contribution >= 0.6 is 0 Å². The van der Waals surface area contributed by atoms with Gasteiger partial charge in [0, 0.05) is 32.2 Å². The van der Waals surface area contributed by atoms with Gasteiger partial charge < -0.3 is 0 Å². The minimum absolute atomic E-state index is 0.0882. The second-order valence-corrected chi connectivity index (χ2v) is 9.69. The summed E-state index contributed by atoms with van der Waals surface area (Å²) >= 11 is 0. The van der Waals surface area contributed by atoms with Crippen molar-refractivity contribution in [3.05, 3.63) is 35.6 Å². The average Bonchev–Trinajstić information content (AvgIpc) is 2.49. The number of benzene rings is 1. The van der Waals surface area contributed by atoms with Crippen LogP contribution in [0.25, 0.3) is 0 Å². The molecular formula is C19H33FN2O2S. The summed E-state index contributed by atoms with van der Waals surface area (Å²) in [5, 5.41) is 0. The maximum Gasteiger partial charge on any atom is 0.211 e. The topological polar surface area (TPSA) is 40.6 Å². The van der Waals surface area contributed by atoms with Crippen molar-refractivity contribution in [3.8, 4) is 0 Å². The van der Waals surface area contributed by atoms with Gasteiger partial charge in [0.15, 0.2) is 0 Å². The molecule has 25 heavy (non-hydrogen) atoms. The largest absolute Gasteiger partial charge is 0.299 e. The van der Waals surface area contributed by atoms with Crippen molar-refractivity contribution in [1.82, 2.24) is 9.21 Å². The molecule has 4 nitrogen and oxygen atoms in total. The molecule has 0 bridgehead atoms. The second kappa shape index (κ2) is 9.10. The van der Waals surface area contributed by atoms with Crippen molar-refractivity contribution in [3.63, 3.8) is 0 Å². The van der Waals surface area contributed by atoms with Gasteiger partial charge in [0.1, 0.15) is 5.82 Å². The lowest BCUT2D eigenvalue weighted by Gasteiger charge is -2.38. The Hall–Kier alpha value is -0.980. The second-order valence-electron chi connectivity index (χ2n) is 7.71. The molecule has 0 spiro atoms. The van der Waals surface area contributed by atoms with Crippen LogP contribution in [-0.2, 0) is 16.4 Å². The summed E-state index contributed by atoms with van der Waals surface area (Å²) in [5.74, 6) is -0.226. The Balaban J connectivity index is 2.80. The van der Waals surface area contributed by atoms with Crippen molar-refractivity contribution >= 4 is 10.0 Å². The summed E-state index contributed by atoms with van der Waals surface area (Å²) in [6.07, 6.45) is 2.07. The molecule has 1 atom stereocenters. The highest BCUT2D eigenvalue weighted by Crippen LogP contribution is 2.24. The van der Waals surface area contributed by atoms with Crippen molar-refractivity contribution in [2.24, 2.45) is 5.41 Å². The zero-order valence-corrected chi connectivity index (χ0v) is 17.2. The lowest BCUT2D eigenvalue weighted by molar-refractivity contribution is 0.109. The quantitative estimate of drug-likeness (QED) is 0.667. The van der Waals surface area contributed by atoms with E-state index >= 15 is 0 Å². The van der Waals surface area contributed by atoms with Gasteiger partial charge in [-0.1, -0.05) is 39.8 Å². The summed E-state index contributed by atoms with van der Waals surface area (Å²) in [5.41, 5.74) is 1.17. The van der Waals surface area contributed by atoms with E-state index in [9.17, 15) is 12.8 Å². The van der Waals surface area contributed by atoms with Crippen LogP contribution in [0.5, 0.6) is 0 Å². The number of nitrogens with zero attached hydrogens (tertiary/aromatic N) is 2. The highest BCUT2D eigenvalue weighted by atomic mass is 32.2. The molecule has 0 radical (unpaired) electrons. The van der Waals surface area contributed by atoms with E-state index in [1.165, 1.54) is 22.7 Å². The molecule has 144 valence electrons. The fraction of sp³-hybridized carbons (Fsp3) is 0.684. The van der Waals surface area contributed by atoms with Gasteiger partial charge in [-0.25, -0.2) is 17.1 Å². The van der Waals surface area contributed by atoms with E-state index in [-0.39, 0.29) is 11.2 Å². The van der Waals surface area contributed by atoms with Crippen molar-refractivity contribution < 1.29 is 12.8 Å². The molecule has 1 aromatic rings. The first-order chi connectivity index (χ1) is 11.4.